The van der Waals surface area contributed by atoms with Gasteiger partial charge in [0.15, 0.2) is 0 Å². The van der Waals surface area contributed by atoms with Crippen molar-refractivity contribution in [1.29, 1.82) is 0 Å². The quantitative estimate of drug-likeness (QED) is 0.744. The Morgan fingerprint density at radius 2 is 1.70 bits per heavy atom. The Balaban J connectivity index is 1.89. The highest BCUT2D eigenvalue weighted by Crippen LogP contribution is 2.26. The Kier molecular flexibility index (Phi) is 3.63. The summed E-state index contributed by atoms with van der Waals surface area (Å²) >= 11 is 12.0. The van der Waals surface area contributed by atoms with Crippen molar-refractivity contribution in [3.05, 3.63) is 71.0 Å². The fourth-order valence-corrected chi connectivity index (χ4v) is 2.47. The van der Waals surface area contributed by atoms with E-state index in [1.165, 1.54) is 0 Å². The molecule has 0 unspecified atom stereocenters. The van der Waals surface area contributed by atoms with E-state index in [4.69, 9.17) is 23.2 Å². The first-order valence-corrected chi connectivity index (χ1v) is 6.79. The van der Waals surface area contributed by atoms with Crippen LogP contribution in [0.3, 0.4) is 0 Å². The number of benzene rings is 2. The molecule has 3 aromatic rings. The standard InChI is InChI=1S/C15H11Cl2N3/c16-11-7-12(17)9-14(8-11)19-13-3-1-4-15(10-13)20-6-2-5-18-20/h1-10,19H. The molecule has 0 aliphatic carbocycles. The van der Waals surface area contributed by atoms with E-state index in [0.717, 1.165) is 17.1 Å². The smallest absolute Gasteiger partial charge is 0.0666 e. The maximum absolute atomic E-state index is 5.99. The van der Waals surface area contributed by atoms with Gasteiger partial charge in [0, 0.05) is 33.8 Å². The van der Waals surface area contributed by atoms with Crippen molar-refractivity contribution in [1.82, 2.24) is 9.78 Å². The number of hydrogen-bond acceptors (Lipinski definition) is 2. The zero-order chi connectivity index (χ0) is 13.9. The first-order chi connectivity index (χ1) is 9.70. The Morgan fingerprint density at radius 1 is 0.900 bits per heavy atom. The van der Waals surface area contributed by atoms with Crippen molar-refractivity contribution in [3.8, 4) is 5.69 Å². The first kappa shape index (κ1) is 13.0. The summed E-state index contributed by atoms with van der Waals surface area (Å²) in [5.41, 5.74) is 2.77. The normalized spacial score (nSPS) is 10.5. The maximum Gasteiger partial charge on any atom is 0.0666 e. The molecule has 0 amide bonds. The predicted molar refractivity (Wildman–Crippen MR) is 83.3 cm³/mol. The number of rotatable bonds is 3. The molecule has 0 radical (unpaired) electrons. The molecule has 0 bridgehead atoms. The summed E-state index contributed by atoms with van der Waals surface area (Å²) in [5.74, 6) is 0. The van der Waals surface area contributed by atoms with Gasteiger partial charge in [-0.05, 0) is 42.5 Å². The molecule has 1 heterocycles. The van der Waals surface area contributed by atoms with E-state index < -0.39 is 0 Å². The second-order valence-corrected chi connectivity index (χ2v) is 5.16. The van der Waals surface area contributed by atoms with Crippen LogP contribution in [0.15, 0.2) is 60.9 Å². The lowest BCUT2D eigenvalue weighted by molar-refractivity contribution is 0.881. The molecule has 0 atom stereocenters. The summed E-state index contributed by atoms with van der Waals surface area (Å²) in [4.78, 5) is 0. The minimum Gasteiger partial charge on any atom is -0.355 e. The number of nitrogens with one attached hydrogen (secondary N) is 1. The van der Waals surface area contributed by atoms with Gasteiger partial charge in [-0.3, -0.25) is 0 Å². The number of anilines is 2. The molecule has 100 valence electrons. The Labute approximate surface area is 126 Å². The molecular weight excluding hydrogens is 293 g/mol. The first-order valence-electron chi connectivity index (χ1n) is 6.04. The van der Waals surface area contributed by atoms with Gasteiger partial charge in [0.05, 0.1) is 5.69 Å². The fourth-order valence-electron chi connectivity index (χ4n) is 1.94. The molecular formula is C15H11Cl2N3. The van der Waals surface area contributed by atoms with Crippen LogP contribution in [0.2, 0.25) is 10.0 Å². The van der Waals surface area contributed by atoms with Crippen LogP contribution in [0.5, 0.6) is 0 Å². The summed E-state index contributed by atoms with van der Waals surface area (Å²) in [6, 6.07) is 15.2. The third-order valence-corrected chi connectivity index (χ3v) is 3.20. The summed E-state index contributed by atoms with van der Waals surface area (Å²) in [6.45, 7) is 0. The SMILES string of the molecule is Clc1cc(Cl)cc(Nc2cccc(-n3cccn3)c2)c1. The van der Waals surface area contributed by atoms with Gasteiger partial charge in [-0.25, -0.2) is 4.68 Å². The molecule has 20 heavy (non-hydrogen) atoms. The van der Waals surface area contributed by atoms with Crippen molar-refractivity contribution in [3.63, 3.8) is 0 Å². The van der Waals surface area contributed by atoms with Crippen LogP contribution in [0.1, 0.15) is 0 Å². The topological polar surface area (TPSA) is 29.9 Å². The number of nitrogens with zero attached hydrogens (tertiary/aromatic N) is 2. The molecule has 0 spiro atoms. The van der Waals surface area contributed by atoms with E-state index in [2.05, 4.69) is 10.4 Å². The van der Waals surface area contributed by atoms with Gasteiger partial charge in [0.1, 0.15) is 0 Å². The molecule has 0 aliphatic heterocycles. The van der Waals surface area contributed by atoms with Gasteiger partial charge >= 0.3 is 0 Å². The minimum absolute atomic E-state index is 0.600. The molecule has 5 heteroatoms. The fraction of sp³-hybridized carbons (Fsp3) is 0. The van der Waals surface area contributed by atoms with Crippen LogP contribution >= 0.6 is 23.2 Å². The summed E-state index contributed by atoms with van der Waals surface area (Å²) in [6.07, 6.45) is 3.65. The van der Waals surface area contributed by atoms with E-state index in [1.54, 1.807) is 16.9 Å². The van der Waals surface area contributed by atoms with Crippen molar-refractivity contribution >= 4 is 34.6 Å². The summed E-state index contributed by atoms with van der Waals surface area (Å²) < 4.78 is 1.80. The molecule has 3 nitrogen and oxygen atoms in total. The number of halogens is 2. The zero-order valence-electron chi connectivity index (χ0n) is 10.4. The van der Waals surface area contributed by atoms with Gasteiger partial charge in [0.25, 0.3) is 0 Å². The lowest BCUT2D eigenvalue weighted by Gasteiger charge is -2.09. The monoisotopic (exact) mass is 303 g/mol. The largest absolute Gasteiger partial charge is 0.355 e. The van der Waals surface area contributed by atoms with Crippen LogP contribution in [-0.4, -0.2) is 9.78 Å². The molecule has 3 rings (SSSR count). The molecule has 1 aromatic heterocycles. The van der Waals surface area contributed by atoms with Crippen molar-refractivity contribution < 1.29 is 0 Å². The van der Waals surface area contributed by atoms with E-state index in [1.807, 2.05) is 48.7 Å². The Bertz CT molecular complexity index is 703. The van der Waals surface area contributed by atoms with Gasteiger partial charge in [-0.2, -0.15) is 5.10 Å². The second kappa shape index (κ2) is 5.57. The van der Waals surface area contributed by atoms with Crippen molar-refractivity contribution in [2.45, 2.75) is 0 Å². The predicted octanol–water partition coefficient (Wildman–Crippen LogP) is 4.92. The van der Waals surface area contributed by atoms with Gasteiger partial charge in [-0.15, -0.1) is 0 Å². The second-order valence-electron chi connectivity index (χ2n) is 4.28. The highest BCUT2D eigenvalue weighted by Gasteiger charge is 2.01. The molecule has 1 N–H and O–H groups in total. The van der Waals surface area contributed by atoms with Gasteiger partial charge in [-0.1, -0.05) is 29.3 Å². The van der Waals surface area contributed by atoms with Crippen molar-refractivity contribution in [2.75, 3.05) is 5.32 Å². The molecule has 0 aliphatic rings. The van der Waals surface area contributed by atoms with E-state index in [0.29, 0.717) is 10.0 Å². The minimum atomic E-state index is 0.600. The summed E-state index contributed by atoms with van der Waals surface area (Å²) in [7, 11) is 0. The van der Waals surface area contributed by atoms with Crippen LogP contribution in [0.25, 0.3) is 5.69 Å². The van der Waals surface area contributed by atoms with Gasteiger partial charge in [0.2, 0.25) is 0 Å². The van der Waals surface area contributed by atoms with Crippen LogP contribution in [0, 0.1) is 0 Å². The number of aromatic nitrogens is 2. The van der Waals surface area contributed by atoms with Crippen molar-refractivity contribution in [2.24, 2.45) is 0 Å². The van der Waals surface area contributed by atoms with Crippen LogP contribution in [0.4, 0.5) is 11.4 Å². The molecule has 0 saturated carbocycles. The summed E-state index contributed by atoms with van der Waals surface area (Å²) in [5, 5.41) is 8.69. The molecule has 2 aromatic carbocycles. The zero-order valence-corrected chi connectivity index (χ0v) is 11.9. The van der Waals surface area contributed by atoms with Crippen LogP contribution < -0.4 is 5.32 Å². The van der Waals surface area contributed by atoms with E-state index in [-0.39, 0.29) is 0 Å². The third-order valence-electron chi connectivity index (χ3n) is 2.77. The van der Waals surface area contributed by atoms with Gasteiger partial charge < -0.3 is 5.32 Å². The lowest BCUT2D eigenvalue weighted by atomic mass is 10.2. The highest BCUT2D eigenvalue weighted by molar-refractivity contribution is 6.35. The van der Waals surface area contributed by atoms with Crippen LogP contribution in [-0.2, 0) is 0 Å². The van der Waals surface area contributed by atoms with E-state index in [9.17, 15) is 0 Å². The Hall–Kier alpha value is -1.97. The maximum atomic E-state index is 5.99. The van der Waals surface area contributed by atoms with E-state index >= 15 is 0 Å². The highest BCUT2D eigenvalue weighted by atomic mass is 35.5. The number of hydrogen-bond donors (Lipinski definition) is 1. The average Bonchev–Trinajstić information content (AvgIpc) is 2.91. The lowest BCUT2D eigenvalue weighted by Crippen LogP contribution is -1.96. The molecule has 0 saturated heterocycles. The Morgan fingerprint density at radius 3 is 2.40 bits per heavy atom. The average molecular weight is 304 g/mol. The third kappa shape index (κ3) is 2.95. The molecule has 0 fully saturated rings.